The van der Waals surface area contributed by atoms with Gasteiger partial charge in [0.25, 0.3) is 0 Å². The van der Waals surface area contributed by atoms with Gasteiger partial charge in [0.15, 0.2) is 0 Å². The molecule has 0 bridgehead atoms. The normalized spacial score (nSPS) is 32.4. The average molecular weight is 320 g/mol. The highest BCUT2D eigenvalue weighted by atomic mass is 17.2. The van der Waals surface area contributed by atoms with Crippen LogP contribution in [-0.2, 0) is 47.4 Å². The molecule has 14 heteroatoms. The Balaban J connectivity index is 1.56. The molecule has 5 aliphatic rings. The van der Waals surface area contributed by atoms with Crippen molar-refractivity contribution in [1.82, 2.24) is 0 Å². The molecule has 5 saturated heterocycles. The fourth-order valence-electron chi connectivity index (χ4n) is 2.18. The van der Waals surface area contributed by atoms with Gasteiger partial charge in [-0.05, 0) is 0 Å². The molecule has 0 radical (unpaired) electrons. The van der Waals surface area contributed by atoms with Crippen molar-refractivity contribution in [3.8, 4) is 0 Å². The fraction of sp³-hybridized carbons (Fsp3) is 0.500. The summed E-state index contributed by atoms with van der Waals surface area (Å²) in [6.45, 7) is 0. The molecule has 0 amide bonds. The number of rotatable bonds is 0. The third kappa shape index (κ3) is 0.969. The van der Waals surface area contributed by atoms with E-state index in [1.807, 2.05) is 0 Å². The van der Waals surface area contributed by atoms with Crippen LogP contribution in [-0.4, -0.2) is 48.5 Å². The summed E-state index contributed by atoms with van der Waals surface area (Å²) in [5.74, 6) is -10.5. The van der Waals surface area contributed by atoms with Gasteiger partial charge in [0, 0.05) is 0 Å². The van der Waals surface area contributed by atoms with Crippen LogP contribution < -0.4 is 0 Å². The highest BCUT2D eigenvalue weighted by Crippen LogP contribution is 2.61. The summed E-state index contributed by atoms with van der Waals surface area (Å²) in [6.07, 6.45) is -5.01. The Kier molecular flexibility index (Phi) is 1.49. The minimum Gasteiger partial charge on any atom is -0.356 e. The van der Waals surface area contributed by atoms with Crippen molar-refractivity contribution in [2.24, 2.45) is 0 Å². The molecule has 0 aromatic rings. The maximum absolute atomic E-state index is 10.9. The Bertz CT molecular complexity index is 530. The lowest BCUT2D eigenvalue weighted by Crippen LogP contribution is -2.90. The Morgan fingerprint density at radius 3 is 0.727 bits per heavy atom. The predicted molar refractivity (Wildman–Crippen MR) is 43.4 cm³/mol. The minimum absolute atomic E-state index is 1.25. The van der Waals surface area contributed by atoms with E-state index >= 15 is 0 Å². The van der Waals surface area contributed by atoms with Gasteiger partial charge in [-0.25, -0.2) is 28.7 Å². The van der Waals surface area contributed by atoms with E-state index in [1.54, 1.807) is 0 Å². The van der Waals surface area contributed by atoms with Gasteiger partial charge in [0.2, 0.25) is 0 Å². The third-order valence-electron chi connectivity index (χ3n) is 3.03. The third-order valence-corrected chi connectivity index (χ3v) is 3.03. The maximum Gasteiger partial charge on any atom is 0.519 e. The first-order valence-corrected chi connectivity index (χ1v) is 5.40. The monoisotopic (exact) mass is 320 g/mol. The molecule has 0 aromatic heterocycles. The zero-order valence-corrected chi connectivity index (χ0v) is 9.72. The summed E-state index contributed by atoms with van der Waals surface area (Å²) in [5, 5.41) is 0. The Labute approximate surface area is 116 Å². The molecule has 0 aliphatic carbocycles. The number of ether oxygens (including phenoxy) is 10. The van der Waals surface area contributed by atoms with Crippen molar-refractivity contribution < 1.29 is 66.5 Å². The highest BCUT2D eigenvalue weighted by molar-refractivity contribution is 5.72. The van der Waals surface area contributed by atoms with Crippen molar-refractivity contribution in [1.29, 1.82) is 0 Å². The van der Waals surface area contributed by atoms with E-state index in [2.05, 4.69) is 37.9 Å². The van der Waals surface area contributed by atoms with Gasteiger partial charge in [0.05, 0.1) is 0 Å². The first-order chi connectivity index (χ1) is 10.3. The Hall–Kier alpha value is -3.00. The molecule has 5 aliphatic heterocycles. The van der Waals surface area contributed by atoms with Crippen molar-refractivity contribution in [3.05, 3.63) is 0 Å². The molecule has 5 heterocycles. The molecule has 0 saturated carbocycles. The van der Waals surface area contributed by atoms with E-state index in [0.717, 1.165) is 0 Å². The van der Waals surface area contributed by atoms with Gasteiger partial charge in [-0.3, -0.25) is 0 Å². The van der Waals surface area contributed by atoms with Crippen LogP contribution in [0.3, 0.4) is 0 Å². The van der Waals surface area contributed by atoms with E-state index in [4.69, 9.17) is 9.47 Å². The molecular formula is C8O14. The number of carbonyl (C=O) groups excluding carboxylic acids is 4. The van der Waals surface area contributed by atoms with E-state index in [9.17, 15) is 19.2 Å². The van der Waals surface area contributed by atoms with Crippen molar-refractivity contribution in [3.63, 3.8) is 0 Å². The van der Waals surface area contributed by atoms with Gasteiger partial charge >= 0.3 is 48.5 Å². The summed E-state index contributed by atoms with van der Waals surface area (Å²) in [4.78, 5) is 43.7. The van der Waals surface area contributed by atoms with Gasteiger partial charge < -0.3 is 37.9 Å². The number of hydrogen-bond acceptors (Lipinski definition) is 14. The smallest absolute Gasteiger partial charge is 0.356 e. The molecular weight excluding hydrogens is 320 g/mol. The Morgan fingerprint density at radius 2 is 0.591 bits per heavy atom. The van der Waals surface area contributed by atoms with Crippen LogP contribution in [0.15, 0.2) is 0 Å². The molecule has 5 rings (SSSR count). The highest BCUT2D eigenvalue weighted by Gasteiger charge is 2.97. The van der Waals surface area contributed by atoms with Crippen LogP contribution in [0.1, 0.15) is 0 Å². The molecule has 0 unspecified atom stereocenters. The molecule has 4 spiro atoms. The predicted octanol–water partition coefficient (Wildman–Crippen LogP) is -0.684. The zero-order valence-electron chi connectivity index (χ0n) is 9.72. The van der Waals surface area contributed by atoms with Crippen LogP contribution in [0.2, 0.25) is 0 Å². The van der Waals surface area contributed by atoms with Crippen molar-refractivity contribution >= 4 is 24.6 Å². The van der Waals surface area contributed by atoms with Crippen LogP contribution in [0.25, 0.3) is 0 Å². The molecule has 5 fully saturated rings. The molecule has 0 aromatic carbocycles. The standard InChI is InChI=1S/C8O14/c9-1-13-5(14-1)6(15-2(10)16-6)22-8(19-4(12)20-8)7(21-5)17-3(11)18-7. The van der Waals surface area contributed by atoms with Crippen LogP contribution >= 0.6 is 0 Å². The lowest BCUT2D eigenvalue weighted by molar-refractivity contribution is -0.741. The minimum atomic E-state index is -2.62. The maximum atomic E-state index is 10.9. The molecule has 116 valence electrons. The van der Waals surface area contributed by atoms with Crippen LogP contribution in [0.5, 0.6) is 0 Å². The van der Waals surface area contributed by atoms with Crippen molar-refractivity contribution in [2.45, 2.75) is 23.9 Å². The van der Waals surface area contributed by atoms with E-state index in [0.29, 0.717) is 0 Å². The van der Waals surface area contributed by atoms with Gasteiger partial charge in [-0.1, -0.05) is 0 Å². The summed E-state index contributed by atoms with van der Waals surface area (Å²) in [5.41, 5.74) is 0. The lowest BCUT2D eigenvalue weighted by atomic mass is 10.2. The topological polar surface area (TPSA) is 161 Å². The SMILES string of the molecule is O=C1OC2(O1)OC1(OC(=O)O1)C1(OC(=O)O1)OC21OC(=O)O1. The molecule has 0 atom stereocenters. The van der Waals surface area contributed by atoms with Crippen LogP contribution in [0.4, 0.5) is 19.2 Å². The largest absolute Gasteiger partial charge is 0.519 e. The van der Waals surface area contributed by atoms with Gasteiger partial charge in [-0.2, -0.15) is 0 Å². The van der Waals surface area contributed by atoms with E-state index in [1.165, 1.54) is 0 Å². The molecule has 22 heavy (non-hydrogen) atoms. The number of fused-ring (bicyclic) bond motifs is 2. The molecule has 14 nitrogen and oxygen atoms in total. The first-order valence-electron chi connectivity index (χ1n) is 5.40. The number of carbonyl (C=O) groups is 4. The average Bonchev–Trinajstić information content (AvgIpc) is 2.28. The van der Waals surface area contributed by atoms with Crippen LogP contribution in [0, 0.1) is 0 Å². The summed E-state index contributed by atoms with van der Waals surface area (Å²) in [6, 6.07) is 0. The van der Waals surface area contributed by atoms with E-state index in [-0.39, 0.29) is 0 Å². The second kappa shape index (κ2) is 2.81. The molecule has 0 N–H and O–H groups in total. The zero-order chi connectivity index (χ0) is 15.4. The summed E-state index contributed by atoms with van der Waals surface area (Å²) < 4.78 is 46.5. The second-order valence-electron chi connectivity index (χ2n) is 4.25. The fourth-order valence-corrected chi connectivity index (χ4v) is 2.18. The quantitative estimate of drug-likeness (QED) is 0.407. The van der Waals surface area contributed by atoms with Crippen molar-refractivity contribution in [2.75, 3.05) is 0 Å². The second-order valence-corrected chi connectivity index (χ2v) is 4.25. The van der Waals surface area contributed by atoms with Gasteiger partial charge in [-0.15, -0.1) is 0 Å². The lowest BCUT2D eigenvalue weighted by Gasteiger charge is -2.61. The van der Waals surface area contributed by atoms with E-state index < -0.39 is 48.5 Å². The summed E-state index contributed by atoms with van der Waals surface area (Å²) in [7, 11) is 0. The number of hydrogen-bond donors (Lipinski definition) is 0. The Morgan fingerprint density at radius 1 is 0.409 bits per heavy atom. The summed E-state index contributed by atoms with van der Waals surface area (Å²) >= 11 is 0. The first kappa shape index (κ1) is 11.6. The van der Waals surface area contributed by atoms with Gasteiger partial charge in [0.1, 0.15) is 0 Å².